The molecule has 0 aliphatic carbocycles. The predicted molar refractivity (Wildman–Crippen MR) is 68.6 cm³/mol. The van der Waals surface area contributed by atoms with Gasteiger partial charge >= 0.3 is 59.1 Å². The summed E-state index contributed by atoms with van der Waals surface area (Å²) in [7, 11) is 0. The number of carbonyl (C=O) groups is 2. The number of rotatable bonds is 8. The first-order valence-electron chi connectivity index (χ1n) is 5.16. The van der Waals surface area contributed by atoms with Gasteiger partial charge in [-0.15, -0.1) is 26.3 Å². The van der Waals surface area contributed by atoms with E-state index in [1.54, 1.807) is 24.3 Å². The van der Waals surface area contributed by atoms with Crippen molar-refractivity contribution in [1.82, 2.24) is 0 Å². The Hall–Kier alpha value is -0.400. The average Bonchev–Trinajstić information content (AvgIpc) is 2.39. The molecule has 0 aliphatic rings. The molecule has 0 aromatic heterocycles. The zero-order valence-electron chi connectivity index (χ0n) is 12.5. The molecule has 0 amide bonds. The quantitative estimate of drug-likeness (QED) is 0.253. The summed E-state index contributed by atoms with van der Waals surface area (Å²) in [5.41, 5.74) is 0. The molecule has 0 rings (SSSR count). The number of carbonyl (C=O) groups excluding carboxylic acids is 2. The van der Waals surface area contributed by atoms with E-state index in [1.165, 1.54) is 0 Å². The molecular formula is C14H16Na2O5. The summed E-state index contributed by atoms with van der Waals surface area (Å²) in [6.07, 6.45) is 7.21. The van der Waals surface area contributed by atoms with Gasteiger partial charge in [-0.05, 0) is 12.2 Å². The molecule has 0 N–H and O–H groups in total. The van der Waals surface area contributed by atoms with E-state index in [0.717, 1.165) is 0 Å². The van der Waals surface area contributed by atoms with E-state index < -0.39 is 11.9 Å². The van der Waals surface area contributed by atoms with E-state index in [4.69, 9.17) is 4.74 Å². The summed E-state index contributed by atoms with van der Waals surface area (Å²) in [5.74, 6) is -3.09. The van der Waals surface area contributed by atoms with Crippen molar-refractivity contribution in [2.24, 2.45) is 0 Å². The Balaban J connectivity index is -0.000000131. The van der Waals surface area contributed by atoms with Crippen LogP contribution in [0.4, 0.5) is 0 Å². The Labute approximate surface area is 169 Å². The third kappa shape index (κ3) is 22.0. The minimum absolute atomic E-state index is 0. The standard InChI is InChI=1S/C10H14O.C4H4O4.2Na/c1-5-9(6-2)11-10(7-3)8-4;5-3(6)1-2-4(7)8;;/h5-10H,1-4H2;1-2H,(H,5,6)(H,7,8);;/q;;2*+1/p-2/b;2-1-;;. The number of carboxylic acids is 2. The minimum atomic E-state index is -1.55. The van der Waals surface area contributed by atoms with E-state index in [9.17, 15) is 19.8 Å². The Morgan fingerprint density at radius 1 is 0.762 bits per heavy atom. The Morgan fingerprint density at radius 3 is 1.14 bits per heavy atom. The smallest absolute Gasteiger partial charge is 0.545 e. The fourth-order valence-electron chi connectivity index (χ4n) is 0.732. The van der Waals surface area contributed by atoms with Crippen LogP contribution >= 0.6 is 0 Å². The van der Waals surface area contributed by atoms with Crippen LogP contribution in [-0.4, -0.2) is 24.1 Å². The van der Waals surface area contributed by atoms with Crippen molar-refractivity contribution in [3.8, 4) is 0 Å². The Kier molecular flexibility index (Phi) is 26.8. The maximum absolute atomic E-state index is 9.41. The van der Waals surface area contributed by atoms with Crippen LogP contribution in [0.5, 0.6) is 0 Å². The summed E-state index contributed by atoms with van der Waals surface area (Å²) in [4.78, 5) is 18.8. The molecule has 0 saturated heterocycles. The van der Waals surface area contributed by atoms with Crippen molar-refractivity contribution in [2.75, 3.05) is 0 Å². The fraction of sp³-hybridized carbons (Fsp3) is 0.143. The molecule has 0 fully saturated rings. The molecule has 0 unspecified atom stereocenters. The second-order valence-corrected chi connectivity index (χ2v) is 2.98. The van der Waals surface area contributed by atoms with E-state index >= 15 is 0 Å². The largest absolute Gasteiger partial charge is 1.00 e. The van der Waals surface area contributed by atoms with E-state index in [0.29, 0.717) is 12.2 Å². The monoisotopic (exact) mass is 310 g/mol. The van der Waals surface area contributed by atoms with Crippen molar-refractivity contribution in [3.63, 3.8) is 0 Å². The van der Waals surface area contributed by atoms with Crippen LogP contribution in [0, 0.1) is 0 Å². The summed E-state index contributed by atoms with van der Waals surface area (Å²) in [6, 6.07) is 0. The topological polar surface area (TPSA) is 89.5 Å². The number of hydrogen-bond acceptors (Lipinski definition) is 5. The summed E-state index contributed by atoms with van der Waals surface area (Å²) >= 11 is 0. The molecule has 21 heavy (non-hydrogen) atoms. The number of ether oxygens (including phenoxy) is 1. The van der Waals surface area contributed by atoms with E-state index in [-0.39, 0.29) is 71.3 Å². The average molecular weight is 310 g/mol. The molecule has 0 spiro atoms. The number of aliphatic carboxylic acids is 2. The van der Waals surface area contributed by atoms with E-state index in [2.05, 4.69) is 26.3 Å². The SMILES string of the molecule is C=CC(C=C)OC(C=C)C=C.O=C([O-])/C=C\C(=O)[O-].[Na+].[Na+]. The van der Waals surface area contributed by atoms with Crippen LogP contribution in [0.2, 0.25) is 0 Å². The summed E-state index contributed by atoms with van der Waals surface area (Å²) < 4.78 is 5.38. The van der Waals surface area contributed by atoms with Crippen LogP contribution < -0.4 is 69.3 Å². The molecule has 7 heteroatoms. The molecule has 5 nitrogen and oxygen atoms in total. The van der Waals surface area contributed by atoms with Crippen molar-refractivity contribution in [3.05, 3.63) is 62.8 Å². The van der Waals surface area contributed by atoms with Gasteiger partial charge in [0.05, 0.1) is 24.1 Å². The molecule has 0 aliphatic heterocycles. The van der Waals surface area contributed by atoms with Gasteiger partial charge in [0.15, 0.2) is 0 Å². The molecule has 104 valence electrons. The zero-order chi connectivity index (χ0) is 15.3. The Bertz CT molecular complexity index is 328. The second-order valence-electron chi connectivity index (χ2n) is 2.98. The van der Waals surface area contributed by atoms with E-state index in [1.807, 2.05) is 0 Å². The van der Waals surface area contributed by atoms with Crippen molar-refractivity contribution < 1.29 is 83.7 Å². The predicted octanol–water partition coefficient (Wildman–Crippen LogP) is -6.47. The fourth-order valence-corrected chi connectivity index (χ4v) is 0.732. The maximum atomic E-state index is 9.41. The minimum Gasteiger partial charge on any atom is -0.545 e. The Morgan fingerprint density at radius 2 is 1.00 bits per heavy atom. The molecule has 0 saturated carbocycles. The molecule has 0 heterocycles. The first kappa shape index (κ1) is 28.7. The molecule has 0 aromatic carbocycles. The van der Waals surface area contributed by atoms with Gasteiger partial charge in [0.25, 0.3) is 0 Å². The van der Waals surface area contributed by atoms with Crippen molar-refractivity contribution >= 4 is 11.9 Å². The van der Waals surface area contributed by atoms with Crippen LogP contribution in [0.1, 0.15) is 0 Å². The normalized spacial score (nSPS) is 8.67. The number of hydrogen-bond donors (Lipinski definition) is 0. The van der Waals surface area contributed by atoms with Crippen molar-refractivity contribution in [2.45, 2.75) is 12.2 Å². The third-order valence-corrected chi connectivity index (χ3v) is 1.60. The van der Waals surface area contributed by atoms with Gasteiger partial charge in [-0.1, -0.05) is 24.3 Å². The van der Waals surface area contributed by atoms with Crippen molar-refractivity contribution in [1.29, 1.82) is 0 Å². The van der Waals surface area contributed by atoms with Gasteiger partial charge in [0.1, 0.15) is 0 Å². The van der Waals surface area contributed by atoms with Gasteiger partial charge < -0.3 is 24.5 Å². The third-order valence-electron chi connectivity index (χ3n) is 1.60. The summed E-state index contributed by atoms with van der Waals surface area (Å²) in [5, 5.41) is 18.8. The van der Waals surface area contributed by atoms with Gasteiger partial charge in [-0.3, -0.25) is 0 Å². The molecular weight excluding hydrogens is 294 g/mol. The first-order valence-corrected chi connectivity index (χ1v) is 5.16. The van der Waals surface area contributed by atoms with Gasteiger partial charge in [-0.2, -0.15) is 0 Å². The van der Waals surface area contributed by atoms with Crippen LogP contribution in [0.15, 0.2) is 62.8 Å². The summed E-state index contributed by atoms with van der Waals surface area (Å²) in [6.45, 7) is 14.4. The number of carboxylic acid groups (broad SMARTS) is 2. The second kappa shape index (κ2) is 19.6. The molecule has 0 bridgehead atoms. The van der Waals surface area contributed by atoms with Crippen LogP contribution in [-0.2, 0) is 14.3 Å². The molecule has 0 aromatic rings. The van der Waals surface area contributed by atoms with Crippen LogP contribution in [0.3, 0.4) is 0 Å². The van der Waals surface area contributed by atoms with Crippen LogP contribution in [0.25, 0.3) is 0 Å². The molecule has 0 atom stereocenters. The molecule has 0 radical (unpaired) electrons. The van der Waals surface area contributed by atoms with Gasteiger partial charge in [0, 0.05) is 0 Å². The van der Waals surface area contributed by atoms with Gasteiger partial charge in [-0.25, -0.2) is 0 Å². The maximum Gasteiger partial charge on any atom is 1.00 e. The zero-order valence-corrected chi connectivity index (χ0v) is 16.5. The first-order chi connectivity index (χ1) is 8.90. The van der Waals surface area contributed by atoms with Gasteiger partial charge in [0.2, 0.25) is 0 Å².